The van der Waals surface area contributed by atoms with Crippen molar-refractivity contribution in [2.75, 3.05) is 31.5 Å². The van der Waals surface area contributed by atoms with Gasteiger partial charge in [0.2, 0.25) is 5.91 Å². The van der Waals surface area contributed by atoms with E-state index in [0.29, 0.717) is 12.6 Å². The lowest BCUT2D eigenvalue weighted by atomic mass is 9.93. The molecule has 5 heteroatoms. The van der Waals surface area contributed by atoms with Crippen LogP contribution < -0.4 is 10.6 Å². The van der Waals surface area contributed by atoms with Crippen LogP contribution in [0, 0.1) is 5.92 Å². The summed E-state index contributed by atoms with van der Waals surface area (Å²) < 4.78 is 0. The number of fused-ring (bicyclic) bond motifs is 2. The van der Waals surface area contributed by atoms with Gasteiger partial charge in [0.25, 0.3) is 0 Å². The third-order valence-electron chi connectivity index (χ3n) is 5.49. The molecule has 2 N–H and O–H groups in total. The maximum Gasteiger partial charge on any atom is 0.238 e. The first-order valence-electron chi connectivity index (χ1n) is 8.65. The second-order valence-electron chi connectivity index (χ2n) is 7.02. The van der Waals surface area contributed by atoms with Gasteiger partial charge in [-0.25, -0.2) is 0 Å². The van der Waals surface area contributed by atoms with Gasteiger partial charge in [-0.05, 0) is 67.8 Å². The van der Waals surface area contributed by atoms with Crippen LogP contribution in [0.1, 0.15) is 30.4 Å². The van der Waals surface area contributed by atoms with Crippen molar-refractivity contribution in [3.63, 3.8) is 0 Å². The zero-order valence-electron chi connectivity index (χ0n) is 13.5. The highest BCUT2D eigenvalue weighted by Crippen LogP contribution is 2.26. The number of aryl methyl sites for hydroxylation is 2. The highest BCUT2D eigenvalue weighted by Gasteiger charge is 2.32. The maximum absolute atomic E-state index is 12.3. The van der Waals surface area contributed by atoms with Gasteiger partial charge in [0.1, 0.15) is 0 Å². The van der Waals surface area contributed by atoms with Gasteiger partial charge in [-0.2, -0.15) is 0 Å². The number of nitrogens with zero attached hydrogens (tertiary/aromatic N) is 1. The molecule has 4 rings (SSSR count). The number of benzene rings is 1. The molecule has 1 aromatic rings. The molecule has 1 aromatic carbocycles. The second-order valence-corrected chi connectivity index (χ2v) is 7.02. The normalized spacial score (nSPS) is 26.3. The van der Waals surface area contributed by atoms with Crippen LogP contribution in [0.4, 0.5) is 5.69 Å². The summed E-state index contributed by atoms with van der Waals surface area (Å²) in [7, 11) is 0. The molecule has 23 heavy (non-hydrogen) atoms. The highest BCUT2D eigenvalue weighted by atomic mass is 35.5. The lowest BCUT2D eigenvalue weighted by Gasteiger charge is -2.34. The van der Waals surface area contributed by atoms with Gasteiger partial charge in [0.15, 0.2) is 0 Å². The SMILES string of the molecule is Cl.O=C(CN1CCC2NCCC2C1)Nc1ccc2c(c1)CCC2. The third kappa shape index (κ3) is 3.70. The molecule has 0 spiro atoms. The van der Waals surface area contributed by atoms with E-state index in [1.807, 2.05) is 0 Å². The van der Waals surface area contributed by atoms with Crippen LogP contribution in [0.25, 0.3) is 0 Å². The molecular weight excluding hydrogens is 310 g/mol. The summed E-state index contributed by atoms with van der Waals surface area (Å²) in [5.74, 6) is 0.865. The number of hydrogen-bond acceptors (Lipinski definition) is 3. The van der Waals surface area contributed by atoms with E-state index in [1.165, 1.54) is 36.8 Å². The minimum absolute atomic E-state index is 0. The molecule has 2 heterocycles. The smallest absolute Gasteiger partial charge is 0.238 e. The van der Waals surface area contributed by atoms with Crippen molar-refractivity contribution in [3.8, 4) is 0 Å². The summed E-state index contributed by atoms with van der Waals surface area (Å²) in [5, 5.41) is 6.65. The van der Waals surface area contributed by atoms with Crippen molar-refractivity contribution in [1.29, 1.82) is 0 Å². The first-order valence-corrected chi connectivity index (χ1v) is 8.65. The lowest BCUT2D eigenvalue weighted by Crippen LogP contribution is -2.46. The minimum atomic E-state index is 0. The number of rotatable bonds is 3. The van der Waals surface area contributed by atoms with Gasteiger partial charge in [0, 0.05) is 24.8 Å². The Kier molecular flexibility index (Phi) is 5.24. The molecule has 4 nitrogen and oxygen atoms in total. The van der Waals surface area contributed by atoms with Gasteiger partial charge in [-0.3, -0.25) is 9.69 Å². The molecule has 1 amide bonds. The van der Waals surface area contributed by atoms with E-state index < -0.39 is 0 Å². The fourth-order valence-corrected chi connectivity index (χ4v) is 4.32. The topological polar surface area (TPSA) is 44.4 Å². The van der Waals surface area contributed by atoms with E-state index >= 15 is 0 Å². The van der Waals surface area contributed by atoms with Crippen LogP contribution in [0.3, 0.4) is 0 Å². The third-order valence-corrected chi connectivity index (χ3v) is 5.49. The van der Waals surface area contributed by atoms with Crippen LogP contribution in [0.5, 0.6) is 0 Å². The van der Waals surface area contributed by atoms with Crippen LogP contribution in [-0.4, -0.2) is 43.0 Å². The number of amides is 1. The predicted molar refractivity (Wildman–Crippen MR) is 95.3 cm³/mol. The molecule has 1 aliphatic carbocycles. The summed E-state index contributed by atoms with van der Waals surface area (Å²) >= 11 is 0. The molecule has 0 saturated carbocycles. The molecule has 2 aliphatic heterocycles. The van der Waals surface area contributed by atoms with E-state index in [1.54, 1.807) is 0 Å². The summed E-state index contributed by atoms with van der Waals surface area (Å²) in [5.41, 5.74) is 3.83. The molecule has 2 saturated heterocycles. The zero-order chi connectivity index (χ0) is 14.9. The number of hydrogen-bond donors (Lipinski definition) is 2. The van der Waals surface area contributed by atoms with Crippen LogP contribution in [0.2, 0.25) is 0 Å². The molecule has 0 radical (unpaired) electrons. The Balaban J connectivity index is 0.00000156. The Labute approximate surface area is 144 Å². The van der Waals surface area contributed by atoms with Crippen molar-refractivity contribution >= 4 is 24.0 Å². The zero-order valence-corrected chi connectivity index (χ0v) is 14.3. The van der Waals surface area contributed by atoms with Crippen molar-refractivity contribution < 1.29 is 4.79 Å². The number of likely N-dealkylation sites (tertiary alicyclic amines) is 1. The average Bonchev–Trinajstić information content (AvgIpc) is 3.14. The lowest BCUT2D eigenvalue weighted by molar-refractivity contribution is -0.117. The van der Waals surface area contributed by atoms with E-state index in [4.69, 9.17) is 0 Å². The fraction of sp³-hybridized carbons (Fsp3) is 0.611. The Hall–Kier alpha value is -1.10. The number of carbonyl (C=O) groups is 1. The van der Waals surface area contributed by atoms with Crippen molar-refractivity contribution in [2.24, 2.45) is 5.92 Å². The van der Waals surface area contributed by atoms with Gasteiger partial charge in [-0.1, -0.05) is 6.07 Å². The van der Waals surface area contributed by atoms with Crippen molar-refractivity contribution in [2.45, 2.75) is 38.1 Å². The number of anilines is 1. The predicted octanol–water partition coefficient (Wildman–Crippen LogP) is 2.22. The van der Waals surface area contributed by atoms with Gasteiger partial charge in [0.05, 0.1) is 6.54 Å². The molecule has 0 bridgehead atoms. The summed E-state index contributed by atoms with van der Waals surface area (Å²) in [6, 6.07) is 7.08. The Bertz CT molecular complexity index is 577. The number of piperidine rings is 1. The minimum Gasteiger partial charge on any atom is -0.325 e. The van der Waals surface area contributed by atoms with E-state index in [9.17, 15) is 4.79 Å². The molecule has 2 unspecified atom stereocenters. The maximum atomic E-state index is 12.3. The highest BCUT2D eigenvalue weighted by molar-refractivity contribution is 5.92. The van der Waals surface area contributed by atoms with Crippen LogP contribution >= 0.6 is 12.4 Å². The van der Waals surface area contributed by atoms with E-state index in [2.05, 4.69) is 33.7 Å². The monoisotopic (exact) mass is 335 g/mol. The molecule has 126 valence electrons. The number of carbonyl (C=O) groups excluding carboxylic acids is 1. The molecule has 0 aromatic heterocycles. The van der Waals surface area contributed by atoms with Gasteiger partial charge < -0.3 is 10.6 Å². The van der Waals surface area contributed by atoms with Crippen molar-refractivity contribution in [1.82, 2.24) is 10.2 Å². The van der Waals surface area contributed by atoms with Gasteiger partial charge >= 0.3 is 0 Å². The summed E-state index contributed by atoms with van der Waals surface area (Å²) in [6.07, 6.45) is 6.02. The van der Waals surface area contributed by atoms with Crippen LogP contribution in [-0.2, 0) is 17.6 Å². The number of nitrogens with one attached hydrogen (secondary N) is 2. The molecule has 3 aliphatic rings. The van der Waals surface area contributed by atoms with Gasteiger partial charge in [-0.15, -0.1) is 12.4 Å². The molecule has 2 atom stereocenters. The summed E-state index contributed by atoms with van der Waals surface area (Å²) in [4.78, 5) is 14.6. The number of halogens is 1. The first-order chi connectivity index (χ1) is 10.8. The Morgan fingerprint density at radius 2 is 2.13 bits per heavy atom. The van der Waals surface area contributed by atoms with E-state index in [-0.39, 0.29) is 18.3 Å². The van der Waals surface area contributed by atoms with E-state index in [0.717, 1.165) is 37.7 Å². The molecular formula is C18H26ClN3O. The summed E-state index contributed by atoms with van der Waals surface area (Å²) in [6.45, 7) is 3.77. The molecule has 2 fully saturated rings. The second kappa shape index (κ2) is 7.20. The fourth-order valence-electron chi connectivity index (χ4n) is 4.32. The quantitative estimate of drug-likeness (QED) is 0.890. The Morgan fingerprint density at radius 1 is 1.26 bits per heavy atom. The Morgan fingerprint density at radius 3 is 3.04 bits per heavy atom. The van der Waals surface area contributed by atoms with Crippen molar-refractivity contribution in [3.05, 3.63) is 29.3 Å². The average molecular weight is 336 g/mol. The standard InChI is InChI=1S/C18H25N3O.ClH/c22-18(12-21-9-7-17-15(11-21)6-8-19-17)20-16-5-4-13-2-1-3-14(13)10-16;/h4-5,10,15,17,19H,1-3,6-9,11-12H2,(H,20,22);1H. The largest absolute Gasteiger partial charge is 0.325 e. The first kappa shape index (κ1) is 16.7. The van der Waals surface area contributed by atoms with Crippen LogP contribution in [0.15, 0.2) is 18.2 Å².